The van der Waals surface area contributed by atoms with Crippen LogP contribution in [0.1, 0.15) is 12.5 Å². The van der Waals surface area contributed by atoms with Gasteiger partial charge < -0.3 is 26.0 Å². The van der Waals surface area contributed by atoms with Crippen LogP contribution in [0.4, 0.5) is 0 Å². The monoisotopic (exact) mass is 270 g/mol. The number of carbonyl (C=O) groups is 1. The molecule has 0 fully saturated rings. The molecule has 1 amide bonds. The smallest absolute Gasteiger partial charge is 0.236 e. The summed E-state index contributed by atoms with van der Waals surface area (Å²) in [7, 11) is 3.19. The average molecular weight is 270 g/mol. The lowest BCUT2D eigenvalue weighted by atomic mass is 10.1. The van der Waals surface area contributed by atoms with Crippen molar-refractivity contribution >= 4 is 5.91 Å². The Labute approximate surface area is 113 Å². The average Bonchev–Trinajstić information content (AvgIpc) is 2.38. The van der Waals surface area contributed by atoms with E-state index in [0.29, 0.717) is 18.0 Å². The standard InChI is InChI=1S/C13H20N2O3.H2O/c1-9(14)13(16)15-7-6-10-4-5-11(17-2)12(8-10)18-3;/h4-5,8-9H,6-7,14H2,1-3H3,(H,15,16);1H2/t9-;/m0./s1. The molecule has 0 aliphatic rings. The fourth-order valence-corrected chi connectivity index (χ4v) is 1.53. The number of amides is 1. The topological polar surface area (TPSA) is 105 Å². The highest BCUT2D eigenvalue weighted by atomic mass is 16.5. The molecule has 1 atom stereocenters. The van der Waals surface area contributed by atoms with Gasteiger partial charge in [0.2, 0.25) is 5.91 Å². The van der Waals surface area contributed by atoms with Crippen molar-refractivity contribution in [1.29, 1.82) is 0 Å². The van der Waals surface area contributed by atoms with Gasteiger partial charge >= 0.3 is 0 Å². The van der Waals surface area contributed by atoms with Crippen molar-refractivity contribution in [2.24, 2.45) is 5.73 Å². The lowest BCUT2D eigenvalue weighted by Gasteiger charge is -2.10. The van der Waals surface area contributed by atoms with E-state index in [1.165, 1.54) is 0 Å². The van der Waals surface area contributed by atoms with Crippen LogP contribution in [-0.2, 0) is 11.2 Å². The fourth-order valence-electron chi connectivity index (χ4n) is 1.53. The molecular weight excluding hydrogens is 248 g/mol. The van der Waals surface area contributed by atoms with Crippen molar-refractivity contribution in [3.05, 3.63) is 23.8 Å². The summed E-state index contributed by atoms with van der Waals surface area (Å²) in [5, 5.41) is 2.76. The summed E-state index contributed by atoms with van der Waals surface area (Å²) >= 11 is 0. The van der Waals surface area contributed by atoms with Gasteiger partial charge in [-0.1, -0.05) is 6.07 Å². The third-order valence-corrected chi connectivity index (χ3v) is 2.57. The Morgan fingerprint density at radius 1 is 1.32 bits per heavy atom. The van der Waals surface area contributed by atoms with Gasteiger partial charge in [-0.05, 0) is 31.0 Å². The maximum atomic E-state index is 11.3. The lowest BCUT2D eigenvalue weighted by molar-refractivity contribution is -0.121. The molecule has 1 aromatic carbocycles. The number of rotatable bonds is 6. The number of hydrogen-bond acceptors (Lipinski definition) is 4. The molecule has 6 heteroatoms. The predicted molar refractivity (Wildman–Crippen MR) is 73.5 cm³/mol. The van der Waals surface area contributed by atoms with Crippen LogP contribution in [-0.4, -0.2) is 38.2 Å². The first-order valence-electron chi connectivity index (χ1n) is 5.82. The van der Waals surface area contributed by atoms with Gasteiger partial charge in [-0.2, -0.15) is 0 Å². The quantitative estimate of drug-likeness (QED) is 0.752. The molecule has 1 rings (SSSR count). The molecule has 0 aliphatic heterocycles. The molecule has 0 unspecified atom stereocenters. The van der Waals surface area contributed by atoms with E-state index in [-0.39, 0.29) is 11.4 Å². The summed E-state index contributed by atoms with van der Waals surface area (Å²) in [4.78, 5) is 11.3. The van der Waals surface area contributed by atoms with Gasteiger partial charge in [0, 0.05) is 6.54 Å². The van der Waals surface area contributed by atoms with E-state index in [9.17, 15) is 4.79 Å². The molecule has 0 saturated carbocycles. The maximum absolute atomic E-state index is 11.3. The van der Waals surface area contributed by atoms with Crippen LogP contribution in [0.3, 0.4) is 0 Å². The van der Waals surface area contributed by atoms with Gasteiger partial charge in [0.05, 0.1) is 20.3 Å². The molecule has 0 aromatic heterocycles. The number of benzene rings is 1. The molecule has 0 spiro atoms. The van der Waals surface area contributed by atoms with E-state index in [0.717, 1.165) is 12.0 Å². The van der Waals surface area contributed by atoms with Crippen LogP contribution in [0.5, 0.6) is 11.5 Å². The number of carbonyl (C=O) groups excluding carboxylic acids is 1. The van der Waals surface area contributed by atoms with E-state index in [2.05, 4.69) is 5.32 Å². The molecule has 108 valence electrons. The van der Waals surface area contributed by atoms with Gasteiger partial charge in [-0.15, -0.1) is 0 Å². The molecule has 0 saturated heterocycles. The second-order valence-corrected chi connectivity index (χ2v) is 4.02. The van der Waals surface area contributed by atoms with Crippen LogP contribution in [0.25, 0.3) is 0 Å². The summed E-state index contributed by atoms with van der Waals surface area (Å²) in [6.45, 7) is 2.21. The van der Waals surface area contributed by atoms with Crippen LogP contribution >= 0.6 is 0 Å². The second-order valence-electron chi connectivity index (χ2n) is 4.02. The third kappa shape index (κ3) is 5.15. The van der Waals surface area contributed by atoms with Crippen LogP contribution < -0.4 is 20.5 Å². The van der Waals surface area contributed by atoms with Crippen molar-refractivity contribution in [3.63, 3.8) is 0 Å². The number of hydrogen-bond donors (Lipinski definition) is 2. The highest BCUT2D eigenvalue weighted by molar-refractivity contribution is 5.80. The Morgan fingerprint density at radius 2 is 1.95 bits per heavy atom. The number of nitrogens with two attached hydrogens (primary N) is 1. The molecule has 5 N–H and O–H groups in total. The Kier molecular flexibility index (Phi) is 7.55. The fraction of sp³-hybridized carbons (Fsp3) is 0.462. The van der Waals surface area contributed by atoms with Crippen LogP contribution in [0, 0.1) is 0 Å². The van der Waals surface area contributed by atoms with Gasteiger partial charge in [0.1, 0.15) is 0 Å². The summed E-state index contributed by atoms with van der Waals surface area (Å²) in [5.74, 6) is 1.24. The number of methoxy groups -OCH3 is 2. The Morgan fingerprint density at radius 3 is 2.47 bits per heavy atom. The van der Waals surface area contributed by atoms with E-state index in [4.69, 9.17) is 15.2 Å². The van der Waals surface area contributed by atoms with E-state index in [1.54, 1.807) is 21.1 Å². The zero-order valence-corrected chi connectivity index (χ0v) is 11.5. The van der Waals surface area contributed by atoms with Crippen molar-refractivity contribution in [3.8, 4) is 11.5 Å². The molecule has 0 heterocycles. The van der Waals surface area contributed by atoms with Gasteiger partial charge in [-0.3, -0.25) is 4.79 Å². The van der Waals surface area contributed by atoms with Crippen LogP contribution in [0.2, 0.25) is 0 Å². The Hall–Kier alpha value is -1.79. The minimum atomic E-state index is -0.476. The summed E-state index contributed by atoms with van der Waals surface area (Å²) in [6, 6.07) is 5.22. The van der Waals surface area contributed by atoms with Crippen molar-refractivity contribution < 1.29 is 19.7 Å². The Bertz CT molecular complexity index is 408. The summed E-state index contributed by atoms with van der Waals surface area (Å²) in [6.07, 6.45) is 0.721. The van der Waals surface area contributed by atoms with Gasteiger partial charge in [0.25, 0.3) is 0 Å². The lowest BCUT2D eigenvalue weighted by Crippen LogP contribution is -2.39. The van der Waals surface area contributed by atoms with Crippen LogP contribution in [0.15, 0.2) is 18.2 Å². The van der Waals surface area contributed by atoms with Gasteiger partial charge in [-0.25, -0.2) is 0 Å². The molecule has 0 bridgehead atoms. The van der Waals surface area contributed by atoms with E-state index < -0.39 is 6.04 Å². The van der Waals surface area contributed by atoms with Gasteiger partial charge in [0.15, 0.2) is 11.5 Å². The summed E-state index contributed by atoms with van der Waals surface area (Å²) in [5.41, 5.74) is 6.52. The zero-order valence-electron chi connectivity index (χ0n) is 11.5. The predicted octanol–water partition coefficient (Wildman–Crippen LogP) is -0.115. The number of nitrogens with one attached hydrogen (secondary N) is 1. The first-order chi connectivity index (χ1) is 8.58. The van der Waals surface area contributed by atoms with Crippen molar-refractivity contribution in [2.75, 3.05) is 20.8 Å². The van der Waals surface area contributed by atoms with Crippen molar-refractivity contribution in [2.45, 2.75) is 19.4 Å². The first kappa shape index (κ1) is 17.2. The molecule has 0 aliphatic carbocycles. The Balaban J connectivity index is 0.00000324. The maximum Gasteiger partial charge on any atom is 0.236 e. The molecule has 6 nitrogen and oxygen atoms in total. The van der Waals surface area contributed by atoms with E-state index >= 15 is 0 Å². The molecular formula is C13H22N2O4. The SMILES string of the molecule is COc1ccc(CCNC(=O)[C@H](C)N)cc1OC.O. The number of ether oxygens (including phenoxy) is 2. The first-order valence-corrected chi connectivity index (χ1v) is 5.82. The highest BCUT2D eigenvalue weighted by Crippen LogP contribution is 2.27. The zero-order chi connectivity index (χ0) is 13.5. The highest BCUT2D eigenvalue weighted by Gasteiger charge is 2.07. The van der Waals surface area contributed by atoms with E-state index in [1.807, 2.05) is 18.2 Å². The van der Waals surface area contributed by atoms with Crippen molar-refractivity contribution in [1.82, 2.24) is 5.32 Å². The molecule has 1 aromatic rings. The normalized spacial score (nSPS) is 11.2. The largest absolute Gasteiger partial charge is 0.493 e. The second kappa shape index (κ2) is 8.34. The minimum Gasteiger partial charge on any atom is -0.493 e. The minimum absolute atomic E-state index is 0. The molecule has 19 heavy (non-hydrogen) atoms. The summed E-state index contributed by atoms with van der Waals surface area (Å²) < 4.78 is 10.4. The third-order valence-electron chi connectivity index (χ3n) is 2.57. The molecule has 0 radical (unpaired) electrons.